The Morgan fingerprint density at radius 3 is 2.52 bits per heavy atom. The van der Waals surface area contributed by atoms with E-state index < -0.39 is 0 Å². The van der Waals surface area contributed by atoms with Crippen LogP contribution in [0.3, 0.4) is 0 Å². The molecule has 1 amide bonds. The SMILES string of the molecule is CCC(=O)N1CCN(c2nc(C3CC3)nc(C)c2Cc2c(F)cccc2Cl)CC1. The van der Waals surface area contributed by atoms with Crippen LogP contribution in [0.15, 0.2) is 18.2 Å². The topological polar surface area (TPSA) is 49.3 Å². The molecule has 4 rings (SSSR count). The Hall–Kier alpha value is -2.21. The number of carbonyl (C=O) groups excluding carboxylic acids is 1. The molecule has 0 spiro atoms. The Bertz CT molecular complexity index is 903. The first-order chi connectivity index (χ1) is 14.0. The summed E-state index contributed by atoms with van der Waals surface area (Å²) in [6, 6.07) is 4.76. The Kier molecular flexibility index (Phi) is 5.72. The summed E-state index contributed by atoms with van der Waals surface area (Å²) in [5, 5.41) is 0.417. The number of halogens is 2. The van der Waals surface area contributed by atoms with E-state index >= 15 is 0 Å². The van der Waals surface area contributed by atoms with E-state index in [-0.39, 0.29) is 11.7 Å². The molecule has 2 aromatic rings. The molecule has 1 aromatic carbocycles. The molecule has 29 heavy (non-hydrogen) atoms. The number of anilines is 1. The summed E-state index contributed by atoms with van der Waals surface area (Å²) >= 11 is 6.29. The van der Waals surface area contributed by atoms with Crippen LogP contribution in [0, 0.1) is 12.7 Å². The zero-order valence-corrected chi connectivity index (χ0v) is 17.7. The fourth-order valence-electron chi connectivity index (χ4n) is 3.86. The first-order valence-corrected chi connectivity index (χ1v) is 10.7. The Morgan fingerprint density at radius 1 is 1.17 bits per heavy atom. The van der Waals surface area contributed by atoms with Gasteiger partial charge in [-0.05, 0) is 31.9 Å². The Morgan fingerprint density at radius 2 is 1.90 bits per heavy atom. The van der Waals surface area contributed by atoms with Gasteiger partial charge in [-0.15, -0.1) is 0 Å². The molecule has 0 radical (unpaired) electrons. The van der Waals surface area contributed by atoms with Crippen molar-refractivity contribution in [2.75, 3.05) is 31.1 Å². The van der Waals surface area contributed by atoms with E-state index in [0.717, 1.165) is 35.7 Å². The third kappa shape index (κ3) is 4.22. The predicted molar refractivity (Wildman–Crippen MR) is 112 cm³/mol. The first kappa shape index (κ1) is 20.1. The van der Waals surface area contributed by atoms with Crippen molar-refractivity contribution in [1.82, 2.24) is 14.9 Å². The number of nitrogens with zero attached hydrogens (tertiary/aromatic N) is 4. The zero-order chi connectivity index (χ0) is 20.5. The highest BCUT2D eigenvalue weighted by Crippen LogP contribution is 2.40. The Labute approximate surface area is 175 Å². The molecule has 0 bridgehead atoms. The van der Waals surface area contributed by atoms with Crippen LogP contribution < -0.4 is 4.90 Å². The maximum atomic E-state index is 14.5. The van der Waals surface area contributed by atoms with Gasteiger partial charge in [0, 0.05) is 66.8 Å². The van der Waals surface area contributed by atoms with Crippen molar-refractivity contribution in [3.8, 4) is 0 Å². The van der Waals surface area contributed by atoms with Gasteiger partial charge < -0.3 is 9.80 Å². The van der Waals surface area contributed by atoms with Crippen LogP contribution in [0.5, 0.6) is 0 Å². The summed E-state index contributed by atoms with van der Waals surface area (Å²) in [5.74, 6) is 2.05. The van der Waals surface area contributed by atoms with E-state index in [0.29, 0.717) is 55.5 Å². The molecule has 1 saturated carbocycles. The summed E-state index contributed by atoms with van der Waals surface area (Å²) in [7, 11) is 0. The van der Waals surface area contributed by atoms with Gasteiger partial charge in [0.15, 0.2) is 0 Å². The standard InChI is InChI=1S/C22H26ClFN4O/c1-3-20(29)27-9-11-28(12-10-27)22-16(13-17-18(23)5-4-6-19(17)24)14(2)25-21(26-22)15-7-8-15/h4-6,15H,3,7-13H2,1-2H3. The number of piperazine rings is 1. The van der Waals surface area contributed by atoms with E-state index in [1.165, 1.54) is 6.07 Å². The number of amides is 1. The van der Waals surface area contributed by atoms with Gasteiger partial charge in [-0.1, -0.05) is 24.6 Å². The van der Waals surface area contributed by atoms with Gasteiger partial charge in [-0.25, -0.2) is 14.4 Å². The minimum absolute atomic E-state index is 0.181. The van der Waals surface area contributed by atoms with E-state index in [4.69, 9.17) is 21.6 Å². The Balaban J connectivity index is 1.67. The molecule has 2 fully saturated rings. The second kappa shape index (κ2) is 8.27. The lowest BCUT2D eigenvalue weighted by Crippen LogP contribution is -2.49. The summed E-state index contributed by atoms with van der Waals surface area (Å²) in [6.07, 6.45) is 3.12. The van der Waals surface area contributed by atoms with Crippen molar-refractivity contribution in [3.63, 3.8) is 0 Å². The summed E-state index contributed by atoms with van der Waals surface area (Å²) in [4.78, 5) is 25.8. The van der Waals surface area contributed by atoms with Crippen molar-refractivity contribution in [2.45, 2.75) is 45.4 Å². The largest absolute Gasteiger partial charge is 0.353 e. The van der Waals surface area contributed by atoms with Crippen LogP contribution >= 0.6 is 11.6 Å². The monoisotopic (exact) mass is 416 g/mol. The number of aryl methyl sites for hydroxylation is 1. The van der Waals surface area contributed by atoms with Crippen LogP contribution in [-0.4, -0.2) is 47.0 Å². The molecule has 2 heterocycles. The van der Waals surface area contributed by atoms with Crippen molar-refractivity contribution in [3.05, 3.63) is 51.7 Å². The van der Waals surface area contributed by atoms with Crippen LogP contribution in [0.1, 0.15) is 54.7 Å². The molecule has 1 aliphatic carbocycles. The quantitative estimate of drug-likeness (QED) is 0.736. The average molecular weight is 417 g/mol. The minimum Gasteiger partial charge on any atom is -0.353 e. The molecule has 7 heteroatoms. The number of hydrogen-bond donors (Lipinski definition) is 0. The van der Waals surface area contributed by atoms with Gasteiger partial charge >= 0.3 is 0 Å². The normalized spacial score (nSPS) is 17.0. The highest BCUT2D eigenvalue weighted by Gasteiger charge is 2.30. The first-order valence-electron chi connectivity index (χ1n) is 10.3. The van der Waals surface area contributed by atoms with Crippen molar-refractivity contribution in [1.29, 1.82) is 0 Å². The number of benzene rings is 1. The number of hydrogen-bond acceptors (Lipinski definition) is 4. The lowest BCUT2D eigenvalue weighted by Gasteiger charge is -2.36. The van der Waals surface area contributed by atoms with Crippen LogP contribution in [0.25, 0.3) is 0 Å². The molecular formula is C22H26ClFN4O. The van der Waals surface area contributed by atoms with Gasteiger partial charge in [-0.3, -0.25) is 4.79 Å². The number of aromatic nitrogens is 2. The van der Waals surface area contributed by atoms with Gasteiger partial charge in [0.25, 0.3) is 0 Å². The van der Waals surface area contributed by atoms with Gasteiger partial charge in [-0.2, -0.15) is 0 Å². The fraction of sp³-hybridized carbons (Fsp3) is 0.500. The summed E-state index contributed by atoms with van der Waals surface area (Å²) in [5.41, 5.74) is 2.26. The predicted octanol–water partition coefficient (Wildman–Crippen LogP) is 4.10. The zero-order valence-electron chi connectivity index (χ0n) is 16.9. The van der Waals surface area contributed by atoms with Crippen LogP contribution in [-0.2, 0) is 11.2 Å². The lowest BCUT2D eigenvalue weighted by atomic mass is 10.0. The molecule has 2 aliphatic rings. The number of rotatable bonds is 5. The molecule has 154 valence electrons. The molecule has 1 aliphatic heterocycles. The van der Waals surface area contributed by atoms with Crippen molar-refractivity contribution < 1.29 is 9.18 Å². The molecule has 1 aromatic heterocycles. The average Bonchev–Trinajstić information content (AvgIpc) is 3.56. The molecular weight excluding hydrogens is 391 g/mol. The van der Waals surface area contributed by atoms with E-state index in [2.05, 4.69) is 4.90 Å². The molecule has 0 N–H and O–H groups in total. The fourth-order valence-corrected chi connectivity index (χ4v) is 4.09. The second-order valence-electron chi connectivity index (χ2n) is 7.84. The van der Waals surface area contributed by atoms with E-state index in [1.54, 1.807) is 12.1 Å². The molecule has 0 atom stereocenters. The highest BCUT2D eigenvalue weighted by atomic mass is 35.5. The molecule has 5 nitrogen and oxygen atoms in total. The lowest BCUT2D eigenvalue weighted by molar-refractivity contribution is -0.131. The summed E-state index contributed by atoms with van der Waals surface area (Å²) < 4.78 is 14.5. The van der Waals surface area contributed by atoms with Crippen molar-refractivity contribution in [2.24, 2.45) is 0 Å². The minimum atomic E-state index is -0.313. The van der Waals surface area contributed by atoms with Crippen molar-refractivity contribution >= 4 is 23.3 Å². The smallest absolute Gasteiger partial charge is 0.222 e. The van der Waals surface area contributed by atoms with Crippen LogP contribution in [0.2, 0.25) is 5.02 Å². The summed E-state index contributed by atoms with van der Waals surface area (Å²) in [6.45, 7) is 6.63. The van der Waals surface area contributed by atoms with E-state index in [9.17, 15) is 9.18 Å². The third-order valence-electron chi connectivity index (χ3n) is 5.80. The van der Waals surface area contributed by atoms with Gasteiger partial charge in [0.1, 0.15) is 17.5 Å². The number of carbonyl (C=O) groups is 1. The van der Waals surface area contributed by atoms with E-state index in [1.807, 2.05) is 18.7 Å². The third-order valence-corrected chi connectivity index (χ3v) is 6.16. The second-order valence-corrected chi connectivity index (χ2v) is 8.25. The van der Waals surface area contributed by atoms with Gasteiger partial charge in [0.2, 0.25) is 5.91 Å². The maximum Gasteiger partial charge on any atom is 0.222 e. The maximum absolute atomic E-state index is 14.5. The molecule has 0 unspecified atom stereocenters. The highest BCUT2D eigenvalue weighted by molar-refractivity contribution is 6.31. The van der Waals surface area contributed by atoms with Crippen LogP contribution in [0.4, 0.5) is 10.2 Å². The molecule has 1 saturated heterocycles. The van der Waals surface area contributed by atoms with Gasteiger partial charge in [0.05, 0.1) is 0 Å².